The van der Waals surface area contributed by atoms with Crippen molar-refractivity contribution >= 4 is 10.0 Å². The molecule has 0 N–H and O–H groups in total. The normalized spacial score (nSPS) is 24.1. The first-order valence-corrected chi connectivity index (χ1v) is 10.8. The van der Waals surface area contributed by atoms with E-state index >= 15 is 0 Å². The number of aryl methyl sites for hydroxylation is 1. The topological polar surface area (TPSA) is 37.4 Å². The maximum atomic E-state index is 13.6. The Hall–Kier alpha value is -2.43. The molecule has 0 radical (unpaired) electrons. The quantitative estimate of drug-likeness (QED) is 0.648. The second kappa shape index (κ2) is 6.04. The molecule has 2 aliphatic rings. The summed E-state index contributed by atoms with van der Waals surface area (Å²) in [6.07, 6.45) is 0.830. The predicted octanol–water partition coefficient (Wildman–Crippen LogP) is 4.97. The molecule has 0 aliphatic carbocycles. The van der Waals surface area contributed by atoms with Crippen LogP contribution in [0, 0.1) is 6.92 Å². The van der Waals surface area contributed by atoms with Gasteiger partial charge in [0.05, 0.1) is 17.0 Å². The third-order valence-corrected chi connectivity index (χ3v) is 7.84. The summed E-state index contributed by atoms with van der Waals surface area (Å²) in [5.41, 5.74) is 4.58. The third kappa shape index (κ3) is 2.47. The van der Waals surface area contributed by atoms with Crippen LogP contribution in [0.5, 0.6) is 0 Å². The fourth-order valence-corrected chi connectivity index (χ4v) is 6.53. The first kappa shape index (κ1) is 16.7. The molecule has 3 aromatic rings. The van der Waals surface area contributed by atoms with Gasteiger partial charge in [0.15, 0.2) is 0 Å². The Bertz CT molecular complexity index is 1090. The molecule has 2 bridgehead atoms. The highest BCUT2D eigenvalue weighted by Crippen LogP contribution is 2.61. The van der Waals surface area contributed by atoms with Crippen molar-refractivity contribution in [2.75, 3.05) is 0 Å². The maximum Gasteiger partial charge on any atom is 0.244 e. The molecule has 3 aromatic carbocycles. The maximum absolute atomic E-state index is 13.6. The first-order chi connectivity index (χ1) is 13.1. The van der Waals surface area contributed by atoms with Gasteiger partial charge in [0, 0.05) is 5.92 Å². The van der Waals surface area contributed by atoms with E-state index in [0.29, 0.717) is 4.90 Å². The van der Waals surface area contributed by atoms with Crippen molar-refractivity contribution in [1.82, 2.24) is 4.31 Å². The van der Waals surface area contributed by atoms with E-state index in [1.54, 1.807) is 16.4 Å². The molecular weight excluding hydrogens is 354 g/mol. The summed E-state index contributed by atoms with van der Waals surface area (Å²) in [4.78, 5) is 0.379. The summed E-state index contributed by atoms with van der Waals surface area (Å²) in [6.45, 7) is 1.97. The van der Waals surface area contributed by atoms with Crippen molar-refractivity contribution in [2.24, 2.45) is 0 Å². The SMILES string of the molecule is Cc1ccc(S(=O)(=O)N2C3CC(c4ccccc4)C2c2ccccc23)cc1. The van der Waals surface area contributed by atoms with Crippen LogP contribution in [0.25, 0.3) is 0 Å². The molecule has 27 heavy (non-hydrogen) atoms. The smallest absolute Gasteiger partial charge is 0.207 e. The van der Waals surface area contributed by atoms with Crippen LogP contribution < -0.4 is 0 Å². The van der Waals surface area contributed by atoms with E-state index in [4.69, 9.17) is 0 Å². The zero-order chi connectivity index (χ0) is 18.6. The van der Waals surface area contributed by atoms with Crippen LogP contribution >= 0.6 is 0 Å². The molecule has 136 valence electrons. The zero-order valence-corrected chi connectivity index (χ0v) is 15.9. The molecule has 3 atom stereocenters. The average Bonchev–Trinajstić information content (AvgIpc) is 3.25. The minimum atomic E-state index is -3.57. The molecule has 3 nitrogen and oxygen atoms in total. The van der Waals surface area contributed by atoms with Gasteiger partial charge in [-0.1, -0.05) is 72.3 Å². The lowest BCUT2D eigenvalue weighted by atomic mass is 9.80. The van der Waals surface area contributed by atoms with Gasteiger partial charge in [0.2, 0.25) is 10.0 Å². The van der Waals surface area contributed by atoms with Gasteiger partial charge in [-0.25, -0.2) is 8.42 Å². The zero-order valence-electron chi connectivity index (χ0n) is 15.1. The van der Waals surface area contributed by atoms with E-state index in [1.807, 2.05) is 49.4 Å². The molecule has 3 unspecified atom stereocenters. The third-order valence-electron chi connectivity index (χ3n) is 5.94. The van der Waals surface area contributed by atoms with Crippen LogP contribution in [-0.4, -0.2) is 12.7 Å². The molecule has 0 saturated carbocycles. The molecule has 4 heteroatoms. The Labute approximate surface area is 160 Å². The summed E-state index contributed by atoms with van der Waals surface area (Å²) in [7, 11) is -3.57. The van der Waals surface area contributed by atoms with E-state index in [1.165, 1.54) is 5.56 Å². The lowest BCUT2D eigenvalue weighted by Gasteiger charge is -2.25. The van der Waals surface area contributed by atoms with Gasteiger partial charge in [-0.15, -0.1) is 0 Å². The monoisotopic (exact) mass is 375 g/mol. The summed E-state index contributed by atoms with van der Waals surface area (Å²) in [5, 5.41) is 0. The van der Waals surface area contributed by atoms with Crippen molar-refractivity contribution in [3.8, 4) is 0 Å². The van der Waals surface area contributed by atoms with E-state index in [9.17, 15) is 8.42 Å². The second-order valence-corrected chi connectivity index (χ2v) is 9.33. The van der Waals surface area contributed by atoms with Crippen LogP contribution in [0.15, 0.2) is 83.8 Å². The molecule has 1 saturated heterocycles. The lowest BCUT2D eigenvalue weighted by molar-refractivity contribution is 0.359. The predicted molar refractivity (Wildman–Crippen MR) is 106 cm³/mol. The second-order valence-electron chi connectivity index (χ2n) is 7.49. The van der Waals surface area contributed by atoms with Gasteiger partial charge in [0.1, 0.15) is 0 Å². The van der Waals surface area contributed by atoms with E-state index < -0.39 is 10.0 Å². The number of hydrogen-bond acceptors (Lipinski definition) is 2. The van der Waals surface area contributed by atoms with Gasteiger partial charge in [0.25, 0.3) is 0 Å². The minimum absolute atomic E-state index is 0.0947. The summed E-state index contributed by atoms with van der Waals surface area (Å²) in [5.74, 6) is 0.186. The van der Waals surface area contributed by atoms with Gasteiger partial charge < -0.3 is 0 Å². The van der Waals surface area contributed by atoms with Gasteiger partial charge in [-0.3, -0.25) is 0 Å². The Morgan fingerprint density at radius 3 is 2.15 bits per heavy atom. The number of fused-ring (bicyclic) bond motifs is 5. The Balaban J connectivity index is 1.64. The Morgan fingerprint density at radius 2 is 1.44 bits per heavy atom. The van der Waals surface area contributed by atoms with Gasteiger partial charge in [-0.2, -0.15) is 4.31 Å². The highest BCUT2D eigenvalue weighted by atomic mass is 32.2. The molecule has 0 spiro atoms. The van der Waals surface area contributed by atoms with Crippen molar-refractivity contribution in [3.05, 3.63) is 101 Å². The van der Waals surface area contributed by atoms with Crippen LogP contribution in [0.4, 0.5) is 0 Å². The van der Waals surface area contributed by atoms with Crippen LogP contribution in [0.3, 0.4) is 0 Å². The van der Waals surface area contributed by atoms with Gasteiger partial charge in [-0.05, 0) is 42.2 Å². The van der Waals surface area contributed by atoms with Crippen LogP contribution in [-0.2, 0) is 10.0 Å². The van der Waals surface area contributed by atoms with Crippen molar-refractivity contribution in [1.29, 1.82) is 0 Å². The molecule has 2 aliphatic heterocycles. The van der Waals surface area contributed by atoms with Crippen molar-refractivity contribution in [3.63, 3.8) is 0 Å². The minimum Gasteiger partial charge on any atom is -0.207 e. The first-order valence-electron chi connectivity index (χ1n) is 9.31. The number of nitrogens with zero attached hydrogens (tertiary/aromatic N) is 1. The highest BCUT2D eigenvalue weighted by molar-refractivity contribution is 7.89. The number of benzene rings is 3. The van der Waals surface area contributed by atoms with Crippen LogP contribution in [0.1, 0.15) is 46.7 Å². The highest BCUT2D eigenvalue weighted by Gasteiger charge is 2.55. The molecule has 0 aromatic heterocycles. The Morgan fingerprint density at radius 1 is 0.815 bits per heavy atom. The standard InChI is InChI=1S/C23H21NO2S/c1-16-11-13-18(14-12-16)27(25,26)24-22-15-21(17-7-3-2-4-8-17)23(24)20-10-6-5-9-19(20)22/h2-14,21-23H,15H2,1H3. The molecule has 0 amide bonds. The fourth-order valence-electron chi connectivity index (χ4n) is 4.71. The average molecular weight is 375 g/mol. The summed E-state index contributed by atoms with van der Waals surface area (Å²) < 4.78 is 28.9. The van der Waals surface area contributed by atoms with E-state index in [0.717, 1.165) is 23.1 Å². The van der Waals surface area contributed by atoms with Crippen LogP contribution in [0.2, 0.25) is 0 Å². The van der Waals surface area contributed by atoms with Gasteiger partial charge >= 0.3 is 0 Å². The number of rotatable bonds is 3. The van der Waals surface area contributed by atoms with Crippen molar-refractivity contribution < 1.29 is 8.42 Å². The molecule has 5 rings (SSSR count). The largest absolute Gasteiger partial charge is 0.244 e. The number of sulfonamides is 1. The van der Waals surface area contributed by atoms with E-state index in [-0.39, 0.29) is 18.0 Å². The molecule has 1 fully saturated rings. The molecule has 2 heterocycles. The van der Waals surface area contributed by atoms with E-state index in [2.05, 4.69) is 24.3 Å². The molecular formula is C23H21NO2S. The van der Waals surface area contributed by atoms with Crippen molar-refractivity contribution in [2.45, 2.75) is 36.2 Å². The summed E-state index contributed by atoms with van der Waals surface area (Å²) in [6, 6.07) is 25.5. The summed E-state index contributed by atoms with van der Waals surface area (Å²) >= 11 is 0. The number of hydrogen-bond donors (Lipinski definition) is 0. The fraction of sp³-hybridized carbons (Fsp3) is 0.217. The lowest BCUT2D eigenvalue weighted by Crippen LogP contribution is -2.29. The Kier molecular flexibility index (Phi) is 3.74.